The average Bonchev–Trinajstić information content (AvgIpc) is 2.09. The number of azide groups is 1. The maximum Gasteiger partial charge on any atom is 0.0936 e. The van der Waals surface area contributed by atoms with Crippen molar-refractivity contribution in [3.05, 3.63) is 22.6 Å². The van der Waals surface area contributed by atoms with E-state index in [1.165, 1.54) is 0 Å². The van der Waals surface area contributed by atoms with Gasteiger partial charge >= 0.3 is 0 Å². The van der Waals surface area contributed by atoms with Gasteiger partial charge in [-0.15, -0.1) is 0 Å². The zero-order valence-corrected chi connectivity index (χ0v) is 7.90. The Bertz CT molecular complexity index is 258. The van der Waals surface area contributed by atoms with Gasteiger partial charge in [0.2, 0.25) is 0 Å². The summed E-state index contributed by atoms with van der Waals surface area (Å²) in [5.74, 6) is 0. The Labute approximate surface area is 77.9 Å². The molecule has 0 unspecified atom stereocenters. The van der Waals surface area contributed by atoms with E-state index in [1.807, 2.05) is 0 Å². The molecule has 0 amide bonds. The quantitative estimate of drug-likeness (QED) is 0.302. The summed E-state index contributed by atoms with van der Waals surface area (Å²) in [5.41, 5.74) is 8.08. The number of rotatable bonds is 2. The fourth-order valence-corrected chi connectivity index (χ4v) is 1.85. The van der Waals surface area contributed by atoms with E-state index < -0.39 is 5.60 Å². The summed E-state index contributed by atoms with van der Waals surface area (Å²) in [6.07, 6.45) is 3.40. The Kier molecular flexibility index (Phi) is 2.96. The molecule has 0 spiro atoms. The third kappa shape index (κ3) is 1.85. The second kappa shape index (κ2) is 3.81. The maximum atomic E-state index is 10.2. The second-order valence-electron chi connectivity index (χ2n) is 3.67. The lowest BCUT2D eigenvalue weighted by Gasteiger charge is -2.38. The minimum Gasteiger partial charge on any atom is -0.385 e. The molecule has 1 aliphatic carbocycles. The van der Waals surface area contributed by atoms with Crippen LogP contribution in [0.1, 0.15) is 32.6 Å². The molecule has 1 aliphatic rings. The molecule has 0 saturated heterocycles. The van der Waals surface area contributed by atoms with E-state index in [2.05, 4.69) is 16.6 Å². The van der Waals surface area contributed by atoms with Gasteiger partial charge in [-0.05, 0) is 30.9 Å². The predicted octanol–water partition coefficient (Wildman–Crippen LogP) is 2.55. The largest absolute Gasteiger partial charge is 0.385 e. The Morgan fingerprint density at radius 2 is 2.38 bits per heavy atom. The minimum absolute atomic E-state index is 0.330. The van der Waals surface area contributed by atoms with E-state index in [-0.39, 0.29) is 6.04 Å². The van der Waals surface area contributed by atoms with Gasteiger partial charge in [0, 0.05) is 4.91 Å². The summed E-state index contributed by atoms with van der Waals surface area (Å²) in [5, 5.41) is 13.8. The summed E-state index contributed by atoms with van der Waals surface area (Å²) in [6.45, 7) is 5.53. The molecule has 0 bridgehead atoms. The highest BCUT2D eigenvalue weighted by Crippen LogP contribution is 2.35. The lowest BCUT2D eigenvalue weighted by molar-refractivity contribution is 0.0210. The van der Waals surface area contributed by atoms with Crippen LogP contribution >= 0.6 is 0 Å². The topological polar surface area (TPSA) is 69.0 Å². The predicted molar refractivity (Wildman–Crippen MR) is 51.2 cm³/mol. The Hall–Kier alpha value is -0.990. The average molecular weight is 181 g/mol. The van der Waals surface area contributed by atoms with Crippen molar-refractivity contribution < 1.29 is 5.11 Å². The van der Waals surface area contributed by atoms with Crippen LogP contribution < -0.4 is 0 Å². The first kappa shape index (κ1) is 10.1. The molecule has 2 atom stereocenters. The molecule has 0 aromatic carbocycles. The van der Waals surface area contributed by atoms with E-state index in [9.17, 15) is 5.11 Å². The number of aliphatic hydroxyl groups is 1. The highest BCUT2D eigenvalue weighted by molar-refractivity contribution is 5.16. The van der Waals surface area contributed by atoms with Crippen LogP contribution in [0.3, 0.4) is 0 Å². The van der Waals surface area contributed by atoms with Gasteiger partial charge in [0.25, 0.3) is 0 Å². The molecule has 1 fully saturated rings. The normalized spacial score (nSPS) is 33.5. The molecule has 4 nitrogen and oxygen atoms in total. The maximum absolute atomic E-state index is 10.2. The van der Waals surface area contributed by atoms with E-state index in [1.54, 1.807) is 6.92 Å². The van der Waals surface area contributed by atoms with Crippen molar-refractivity contribution in [2.45, 2.75) is 44.2 Å². The second-order valence-corrected chi connectivity index (χ2v) is 3.67. The summed E-state index contributed by atoms with van der Waals surface area (Å²) >= 11 is 0. The van der Waals surface area contributed by atoms with Crippen molar-refractivity contribution in [3.8, 4) is 0 Å². The smallest absolute Gasteiger partial charge is 0.0936 e. The van der Waals surface area contributed by atoms with Gasteiger partial charge in [-0.2, -0.15) is 0 Å². The van der Waals surface area contributed by atoms with Crippen LogP contribution in [0.4, 0.5) is 0 Å². The van der Waals surface area contributed by atoms with Crippen molar-refractivity contribution in [1.29, 1.82) is 0 Å². The molecule has 0 heterocycles. The third-order valence-electron chi connectivity index (χ3n) is 2.77. The zero-order chi connectivity index (χ0) is 9.90. The standard InChI is InChI=1S/C9H15N3O/c1-7(2)9(13)6-4-3-5-8(9)11-12-10/h8,13H,1,3-6H2,2H3/t8-,9-/m0/s1. The monoisotopic (exact) mass is 181 g/mol. The first-order valence-corrected chi connectivity index (χ1v) is 4.54. The molecule has 72 valence electrons. The minimum atomic E-state index is -0.968. The van der Waals surface area contributed by atoms with Gasteiger partial charge in [0.05, 0.1) is 11.6 Å². The molecular weight excluding hydrogens is 166 g/mol. The third-order valence-corrected chi connectivity index (χ3v) is 2.77. The molecule has 1 rings (SSSR count). The van der Waals surface area contributed by atoms with Crippen LogP contribution in [0.25, 0.3) is 10.4 Å². The van der Waals surface area contributed by atoms with Gasteiger partial charge < -0.3 is 5.11 Å². The van der Waals surface area contributed by atoms with Gasteiger partial charge in [-0.1, -0.05) is 24.5 Å². The van der Waals surface area contributed by atoms with E-state index in [0.717, 1.165) is 19.3 Å². The van der Waals surface area contributed by atoms with Crippen molar-refractivity contribution in [2.75, 3.05) is 0 Å². The Morgan fingerprint density at radius 1 is 1.69 bits per heavy atom. The van der Waals surface area contributed by atoms with Gasteiger partial charge in [-0.25, -0.2) is 0 Å². The molecular formula is C9H15N3O. The van der Waals surface area contributed by atoms with Crippen molar-refractivity contribution >= 4 is 0 Å². The van der Waals surface area contributed by atoms with Crippen LogP contribution in [0.5, 0.6) is 0 Å². The SMILES string of the molecule is C=C(C)[C@@]1(O)CCCC[C@@H]1N=[N+]=[N-]. The first-order valence-electron chi connectivity index (χ1n) is 4.54. The lowest BCUT2D eigenvalue weighted by Crippen LogP contribution is -2.44. The van der Waals surface area contributed by atoms with Crippen LogP contribution in [0.15, 0.2) is 17.3 Å². The summed E-state index contributed by atoms with van der Waals surface area (Å²) in [6, 6.07) is -0.330. The van der Waals surface area contributed by atoms with Crippen LogP contribution in [-0.4, -0.2) is 16.7 Å². The van der Waals surface area contributed by atoms with E-state index >= 15 is 0 Å². The van der Waals surface area contributed by atoms with Crippen molar-refractivity contribution in [1.82, 2.24) is 0 Å². The molecule has 1 saturated carbocycles. The molecule has 4 heteroatoms. The molecule has 0 aromatic heterocycles. The highest BCUT2D eigenvalue weighted by atomic mass is 16.3. The van der Waals surface area contributed by atoms with Gasteiger partial charge in [0.1, 0.15) is 0 Å². The van der Waals surface area contributed by atoms with E-state index in [0.29, 0.717) is 12.0 Å². The number of nitrogens with zero attached hydrogens (tertiary/aromatic N) is 3. The van der Waals surface area contributed by atoms with E-state index in [4.69, 9.17) is 5.53 Å². The lowest BCUT2D eigenvalue weighted by atomic mass is 9.77. The summed E-state index contributed by atoms with van der Waals surface area (Å²) in [7, 11) is 0. The Balaban J connectivity index is 2.89. The summed E-state index contributed by atoms with van der Waals surface area (Å²) < 4.78 is 0. The fourth-order valence-electron chi connectivity index (χ4n) is 1.85. The van der Waals surface area contributed by atoms with Gasteiger partial charge in [0.15, 0.2) is 0 Å². The summed E-state index contributed by atoms with van der Waals surface area (Å²) in [4.78, 5) is 2.76. The zero-order valence-electron chi connectivity index (χ0n) is 7.90. The van der Waals surface area contributed by atoms with Crippen molar-refractivity contribution in [2.24, 2.45) is 5.11 Å². The molecule has 0 aliphatic heterocycles. The first-order chi connectivity index (χ1) is 6.11. The van der Waals surface area contributed by atoms with Crippen LogP contribution in [0.2, 0.25) is 0 Å². The number of hydrogen-bond donors (Lipinski definition) is 1. The van der Waals surface area contributed by atoms with Gasteiger partial charge in [-0.3, -0.25) is 0 Å². The highest BCUT2D eigenvalue weighted by Gasteiger charge is 2.38. The molecule has 13 heavy (non-hydrogen) atoms. The molecule has 0 radical (unpaired) electrons. The van der Waals surface area contributed by atoms with Crippen LogP contribution in [0, 0.1) is 0 Å². The van der Waals surface area contributed by atoms with Crippen molar-refractivity contribution in [3.63, 3.8) is 0 Å². The molecule has 1 N–H and O–H groups in total. The molecule has 0 aromatic rings. The fraction of sp³-hybridized carbons (Fsp3) is 0.778. The Morgan fingerprint density at radius 3 is 2.92 bits per heavy atom. The van der Waals surface area contributed by atoms with Crippen LogP contribution in [-0.2, 0) is 0 Å². The number of hydrogen-bond acceptors (Lipinski definition) is 2.